The summed E-state index contributed by atoms with van der Waals surface area (Å²) in [7, 11) is 0. The van der Waals surface area contributed by atoms with Crippen molar-refractivity contribution >= 4 is 45.1 Å². The maximum Gasteiger partial charge on any atom is 0.257 e. The molecule has 0 saturated heterocycles. The summed E-state index contributed by atoms with van der Waals surface area (Å²) >= 11 is 2.83. The Balaban J connectivity index is 1.44. The molecule has 2 aromatic heterocycles. The predicted octanol–water partition coefficient (Wildman–Crippen LogP) is 6.03. The molecule has 5 nitrogen and oxygen atoms in total. The number of benzene rings is 1. The van der Waals surface area contributed by atoms with E-state index in [1.54, 1.807) is 11.3 Å². The first-order chi connectivity index (χ1) is 14.4. The second-order valence-corrected chi connectivity index (χ2v) is 10.4. The van der Waals surface area contributed by atoms with Gasteiger partial charge in [-0.3, -0.25) is 4.79 Å². The van der Waals surface area contributed by atoms with Gasteiger partial charge in [0.1, 0.15) is 16.6 Å². The molecule has 0 fully saturated rings. The lowest BCUT2D eigenvalue weighted by atomic mass is 9.69. The molecule has 0 saturated carbocycles. The molecule has 0 radical (unpaired) electrons. The standard InChI is InChI=1S/C23H25N3O2S2/c1-4-23(2,3)14-9-10-15-16(12-24)21(30-19(15)11-14)26-20(27)13-29-22-25-17-7-5-6-8-18(17)28-22/h5-8,14H,4,9-11,13H2,1-3H3,(H,26,27). The van der Waals surface area contributed by atoms with Crippen LogP contribution in [0.25, 0.3) is 11.1 Å². The van der Waals surface area contributed by atoms with Crippen LogP contribution in [-0.2, 0) is 17.6 Å². The Morgan fingerprint density at radius 1 is 1.43 bits per heavy atom. The van der Waals surface area contributed by atoms with Crippen LogP contribution in [0.5, 0.6) is 0 Å². The van der Waals surface area contributed by atoms with Crippen molar-refractivity contribution in [1.82, 2.24) is 4.98 Å². The zero-order chi connectivity index (χ0) is 21.3. The maximum absolute atomic E-state index is 12.5. The highest BCUT2D eigenvalue weighted by Crippen LogP contribution is 2.45. The Morgan fingerprint density at radius 3 is 2.97 bits per heavy atom. The Morgan fingerprint density at radius 2 is 2.23 bits per heavy atom. The van der Waals surface area contributed by atoms with Crippen molar-refractivity contribution in [2.75, 3.05) is 11.1 Å². The van der Waals surface area contributed by atoms with Gasteiger partial charge in [-0.1, -0.05) is 51.1 Å². The van der Waals surface area contributed by atoms with Crippen LogP contribution in [0.2, 0.25) is 0 Å². The summed E-state index contributed by atoms with van der Waals surface area (Å²) in [4.78, 5) is 18.2. The van der Waals surface area contributed by atoms with E-state index in [4.69, 9.17) is 4.42 Å². The number of hydrogen-bond acceptors (Lipinski definition) is 6. The zero-order valence-electron chi connectivity index (χ0n) is 17.4. The quantitative estimate of drug-likeness (QED) is 0.474. The number of rotatable bonds is 6. The van der Waals surface area contributed by atoms with Crippen molar-refractivity contribution in [3.63, 3.8) is 0 Å². The van der Waals surface area contributed by atoms with Gasteiger partial charge in [-0.2, -0.15) is 5.26 Å². The van der Waals surface area contributed by atoms with E-state index in [-0.39, 0.29) is 17.1 Å². The number of hydrogen-bond donors (Lipinski definition) is 1. The van der Waals surface area contributed by atoms with Gasteiger partial charge in [0.15, 0.2) is 5.58 Å². The topological polar surface area (TPSA) is 78.9 Å². The number of carbonyl (C=O) groups is 1. The SMILES string of the molecule is CCC(C)(C)C1CCc2c(sc(NC(=O)CSc3nc4ccccc4o3)c2C#N)C1. The number of oxazole rings is 1. The van der Waals surface area contributed by atoms with Crippen LogP contribution in [0.1, 0.15) is 49.6 Å². The van der Waals surface area contributed by atoms with Crippen LogP contribution >= 0.6 is 23.1 Å². The largest absolute Gasteiger partial charge is 0.431 e. The van der Waals surface area contributed by atoms with Crippen LogP contribution in [0.3, 0.4) is 0 Å². The highest BCUT2D eigenvalue weighted by molar-refractivity contribution is 7.99. The van der Waals surface area contributed by atoms with E-state index >= 15 is 0 Å². The third kappa shape index (κ3) is 4.12. The van der Waals surface area contributed by atoms with E-state index in [9.17, 15) is 10.1 Å². The van der Waals surface area contributed by atoms with Gasteiger partial charge >= 0.3 is 0 Å². The Bertz CT molecular complexity index is 1090. The van der Waals surface area contributed by atoms with Crippen LogP contribution in [0.4, 0.5) is 5.00 Å². The predicted molar refractivity (Wildman–Crippen MR) is 122 cm³/mol. The first kappa shape index (κ1) is 21.0. The fourth-order valence-corrected chi connectivity index (χ4v) is 5.88. The van der Waals surface area contributed by atoms with E-state index in [2.05, 4.69) is 37.1 Å². The summed E-state index contributed by atoms with van der Waals surface area (Å²) in [6.07, 6.45) is 4.14. The summed E-state index contributed by atoms with van der Waals surface area (Å²) in [5, 5.41) is 13.8. The molecule has 1 N–H and O–H groups in total. The fourth-order valence-electron chi connectivity index (χ4n) is 3.95. The molecule has 0 bridgehead atoms. The monoisotopic (exact) mass is 439 g/mol. The van der Waals surface area contributed by atoms with Crippen molar-refractivity contribution in [3.05, 3.63) is 40.3 Å². The Labute approximate surface area is 184 Å². The van der Waals surface area contributed by atoms with Crippen LogP contribution in [0, 0.1) is 22.7 Å². The zero-order valence-corrected chi connectivity index (χ0v) is 19.1. The Hall–Kier alpha value is -2.30. The number of carbonyl (C=O) groups excluding carboxylic acids is 1. The molecule has 1 unspecified atom stereocenters. The number of nitrogens with one attached hydrogen (secondary N) is 1. The lowest BCUT2D eigenvalue weighted by Crippen LogP contribution is -2.28. The summed E-state index contributed by atoms with van der Waals surface area (Å²) in [5.74, 6) is 0.646. The van der Waals surface area contributed by atoms with Crippen LogP contribution in [0.15, 0.2) is 33.9 Å². The van der Waals surface area contributed by atoms with Gasteiger partial charge in [0.2, 0.25) is 5.91 Å². The second-order valence-electron chi connectivity index (χ2n) is 8.39. The molecule has 0 aliphatic heterocycles. The first-order valence-electron chi connectivity index (χ1n) is 10.2. The summed E-state index contributed by atoms with van der Waals surface area (Å²) in [6.45, 7) is 6.89. The summed E-state index contributed by atoms with van der Waals surface area (Å²) in [6, 6.07) is 9.86. The molecule has 1 aliphatic carbocycles. The minimum Gasteiger partial charge on any atom is -0.431 e. The molecule has 1 amide bonds. The molecule has 0 spiro atoms. The number of thiophene rings is 1. The van der Waals surface area contributed by atoms with E-state index in [1.807, 2.05) is 24.3 Å². The van der Waals surface area contributed by atoms with E-state index < -0.39 is 0 Å². The van der Waals surface area contributed by atoms with E-state index in [1.165, 1.54) is 16.6 Å². The number of anilines is 1. The van der Waals surface area contributed by atoms with Crippen LogP contribution in [-0.4, -0.2) is 16.6 Å². The number of amides is 1. The van der Waals surface area contributed by atoms with Crippen molar-refractivity contribution in [1.29, 1.82) is 5.26 Å². The maximum atomic E-state index is 12.5. The van der Waals surface area contributed by atoms with Gasteiger partial charge in [-0.05, 0) is 48.3 Å². The molecule has 30 heavy (non-hydrogen) atoms. The minimum atomic E-state index is -0.150. The molecular formula is C23H25N3O2S2. The molecule has 156 valence electrons. The van der Waals surface area contributed by atoms with Crippen molar-refractivity contribution in [3.8, 4) is 6.07 Å². The number of thioether (sulfide) groups is 1. The second kappa shape index (κ2) is 8.44. The van der Waals surface area contributed by atoms with Gasteiger partial charge in [0.25, 0.3) is 5.22 Å². The number of aromatic nitrogens is 1. The van der Waals surface area contributed by atoms with E-state index in [0.717, 1.165) is 36.8 Å². The Kier molecular flexibility index (Phi) is 5.90. The molecule has 7 heteroatoms. The molecular weight excluding hydrogens is 414 g/mol. The summed E-state index contributed by atoms with van der Waals surface area (Å²) < 4.78 is 5.66. The van der Waals surface area contributed by atoms with Gasteiger partial charge < -0.3 is 9.73 Å². The molecule has 3 aromatic rings. The normalized spacial score (nSPS) is 16.3. The van der Waals surface area contributed by atoms with E-state index in [0.29, 0.717) is 27.3 Å². The van der Waals surface area contributed by atoms with Crippen molar-refractivity contribution in [2.45, 2.75) is 51.7 Å². The molecule has 1 aliphatic rings. The minimum absolute atomic E-state index is 0.150. The first-order valence-corrected chi connectivity index (χ1v) is 12.0. The average Bonchev–Trinajstić information content (AvgIpc) is 3.31. The fraction of sp³-hybridized carbons (Fsp3) is 0.435. The lowest BCUT2D eigenvalue weighted by Gasteiger charge is -2.36. The third-order valence-corrected chi connectivity index (χ3v) is 8.25. The number of para-hydroxylation sites is 2. The highest BCUT2D eigenvalue weighted by atomic mass is 32.2. The van der Waals surface area contributed by atoms with Gasteiger partial charge in [0.05, 0.1) is 11.3 Å². The number of fused-ring (bicyclic) bond motifs is 2. The van der Waals surface area contributed by atoms with Gasteiger partial charge in [-0.25, -0.2) is 4.98 Å². The van der Waals surface area contributed by atoms with Gasteiger partial charge in [0, 0.05) is 4.88 Å². The van der Waals surface area contributed by atoms with Crippen molar-refractivity contribution < 1.29 is 9.21 Å². The third-order valence-electron chi connectivity index (χ3n) is 6.25. The average molecular weight is 440 g/mol. The number of nitrogens with zero attached hydrogens (tertiary/aromatic N) is 2. The van der Waals surface area contributed by atoms with Gasteiger partial charge in [-0.15, -0.1) is 11.3 Å². The highest BCUT2D eigenvalue weighted by Gasteiger charge is 2.34. The molecule has 1 atom stereocenters. The molecule has 4 rings (SSSR count). The number of nitriles is 1. The van der Waals surface area contributed by atoms with Crippen LogP contribution < -0.4 is 5.32 Å². The van der Waals surface area contributed by atoms with Crippen molar-refractivity contribution in [2.24, 2.45) is 11.3 Å². The summed E-state index contributed by atoms with van der Waals surface area (Å²) in [5.41, 5.74) is 3.55. The lowest BCUT2D eigenvalue weighted by molar-refractivity contribution is -0.113. The molecule has 1 aromatic carbocycles. The molecule has 2 heterocycles. The smallest absolute Gasteiger partial charge is 0.257 e.